The maximum Gasteiger partial charge on any atom is 0.251 e. The van der Waals surface area contributed by atoms with Crippen LogP contribution in [0.3, 0.4) is 0 Å². The molecule has 1 aliphatic heterocycles. The number of nitrogens with zero attached hydrogens (tertiary/aromatic N) is 1. The average molecular weight is 499 g/mol. The number of benzene rings is 2. The molecule has 2 aliphatic rings. The van der Waals surface area contributed by atoms with Crippen LogP contribution in [0.5, 0.6) is 11.5 Å². The molecule has 1 aliphatic carbocycles. The molecule has 1 N–H and O–H groups in total. The molecular formula is C28H35ClN2O4. The molecule has 7 heteroatoms. The number of halogens is 1. The van der Waals surface area contributed by atoms with Gasteiger partial charge in [0, 0.05) is 17.6 Å². The predicted octanol–water partition coefficient (Wildman–Crippen LogP) is 5.26. The number of methoxy groups -OCH3 is 2. The Labute approximate surface area is 212 Å². The molecule has 2 aromatic rings. The van der Waals surface area contributed by atoms with Gasteiger partial charge in [-0.05, 0) is 73.1 Å². The number of amides is 2. The third kappa shape index (κ3) is 5.27. The lowest BCUT2D eigenvalue weighted by atomic mass is 9.82. The fraction of sp³-hybridized carbons (Fsp3) is 0.500. The molecule has 0 bridgehead atoms. The molecule has 188 valence electrons. The minimum atomic E-state index is -0.324. The molecule has 0 unspecified atom stereocenters. The van der Waals surface area contributed by atoms with Gasteiger partial charge in [-0.2, -0.15) is 0 Å². The van der Waals surface area contributed by atoms with Crippen molar-refractivity contribution in [1.82, 2.24) is 10.2 Å². The highest BCUT2D eigenvalue weighted by atomic mass is 35.5. The number of fused-ring (bicyclic) bond motifs is 1. The maximum atomic E-state index is 13.2. The number of carbonyl (C=O) groups excluding carboxylic acids is 2. The number of ether oxygens (including phenoxy) is 2. The van der Waals surface area contributed by atoms with Gasteiger partial charge in [0.2, 0.25) is 5.91 Å². The first-order chi connectivity index (χ1) is 17.0. The molecule has 0 aromatic heterocycles. The summed E-state index contributed by atoms with van der Waals surface area (Å²) in [6.45, 7) is 2.16. The Hall–Kier alpha value is -2.73. The summed E-state index contributed by atoms with van der Waals surface area (Å²) in [4.78, 5) is 27.8. The number of alkyl halides is 1. The lowest BCUT2D eigenvalue weighted by Crippen LogP contribution is -2.48. The van der Waals surface area contributed by atoms with Crippen LogP contribution in [0.2, 0.25) is 0 Å². The lowest BCUT2D eigenvalue weighted by Gasteiger charge is -2.44. The average Bonchev–Trinajstić information content (AvgIpc) is 2.87. The normalized spacial score (nSPS) is 19.5. The molecule has 6 nitrogen and oxygen atoms in total. The van der Waals surface area contributed by atoms with Crippen molar-refractivity contribution < 1.29 is 19.1 Å². The Bertz CT molecular complexity index is 1050. The number of carbonyl (C=O) groups is 2. The van der Waals surface area contributed by atoms with Crippen LogP contribution in [-0.4, -0.2) is 48.9 Å². The second kappa shape index (κ2) is 11.3. The van der Waals surface area contributed by atoms with Crippen molar-refractivity contribution >= 4 is 23.4 Å². The highest BCUT2D eigenvalue weighted by Crippen LogP contribution is 2.44. The molecule has 0 spiro atoms. The van der Waals surface area contributed by atoms with Gasteiger partial charge in [-0.15, -0.1) is 11.6 Å². The summed E-state index contributed by atoms with van der Waals surface area (Å²) in [6.07, 6.45) is 6.95. The van der Waals surface area contributed by atoms with Gasteiger partial charge in [0.05, 0.1) is 20.3 Å². The second-order valence-electron chi connectivity index (χ2n) is 9.47. The summed E-state index contributed by atoms with van der Waals surface area (Å²) < 4.78 is 11.2. The van der Waals surface area contributed by atoms with Gasteiger partial charge in [-0.3, -0.25) is 9.59 Å². The summed E-state index contributed by atoms with van der Waals surface area (Å²) in [5.74, 6) is 1.08. The van der Waals surface area contributed by atoms with Crippen LogP contribution < -0.4 is 14.8 Å². The van der Waals surface area contributed by atoms with E-state index >= 15 is 0 Å². The van der Waals surface area contributed by atoms with Crippen LogP contribution in [0.15, 0.2) is 36.4 Å². The van der Waals surface area contributed by atoms with E-state index in [0.717, 1.165) is 55.2 Å². The van der Waals surface area contributed by atoms with Crippen LogP contribution in [0, 0.1) is 0 Å². The predicted molar refractivity (Wildman–Crippen MR) is 138 cm³/mol. The molecule has 2 amide bonds. The summed E-state index contributed by atoms with van der Waals surface area (Å²) in [5, 5.41) is 3.09. The van der Waals surface area contributed by atoms with Crippen LogP contribution in [0.4, 0.5) is 0 Å². The Morgan fingerprint density at radius 1 is 1.09 bits per heavy atom. The van der Waals surface area contributed by atoms with E-state index in [1.54, 1.807) is 14.2 Å². The van der Waals surface area contributed by atoms with Gasteiger partial charge in [-0.25, -0.2) is 0 Å². The van der Waals surface area contributed by atoms with E-state index in [1.807, 2.05) is 41.3 Å². The van der Waals surface area contributed by atoms with Crippen LogP contribution in [-0.2, 0) is 11.2 Å². The van der Waals surface area contributed by atoms with Crippen molar-refractivity contribution in [2.24, 2.45) is 0 Å². The highest BCUT2D eigenvalue weighted by molar-refractivity contribution is 6.27. The van der Waals surface area contributed by atoms with Crippen molar-refractivity contribution in [1.29, 1.82) is 0 Å². The third-order valence-corrected chi connectivity index (χ3v) is 7.52. The first-order valence-corrected chi connectivity index (χ1v) is 13.1. The molecule has 0 radical (unpaired) electrons. The molecule has 35 heavy (non-hydrogen) atoms. The zero-order valence-electron chi connectivity index (χ0n) is 20.8. The number of nitrogens with one attached hydrogen (secondary N) is 1. The van der Waals surface area contributed by atoms with Gasteiger partial charge in [-0.1, -0.05) is 31.9 Å². The fourth-order valence-electron chi connectivity index (χ4n) is 5.16. The Balaban J connectivity index is 1.76. The van der Waals surface area contributed by atoms with Crippen LogP contribution >= 0.6 is 11.6 Å². The fourth-order valence-corrected chi connectivity index (χ4v) is 5.29. The van der Waals surface area contributed by atoms with Gasteiger partial charge in [0.15, 0.2) is 11.5 Å². The van der Waals surface area contributed by atoms with Crippen LogP contribution in [0.1, 0.15) is 78.5 Å². The van der Waals surface area contributed by atoms with E-state index < -0.39 is 0 Å². The number of rotatable bonds is 9. The number of unbranched alkanes of at least 4 members (excludes halogenated alkanes) is 1. The van der Waals surface area contributed by atoms with Gasteiger partial charge in [0.25, 0.3) is 5.91 Å². The third-order valence-electron chi connectivity index (χ3n) is 7.29. The minimum absolute atomic E-state index is 0.0263. The molecular weight excluding hydrogens is 464 g/mol. The van der Waals surface area contributed by atoms with Gasteiger partial charge < -0.3 is 19.7 Å². The van der Waals surface area contributed by atoms with Crippen molar-refractivity contribution in [3.05, 3.63) is 58.7 Å². The topological polar surface area (TPSA) is 67.9 Å². The standard InChI is InChI=1S/C28H35ClN2O4/c1-4-5-9-22-14-20-15-24(34-2)25(35-3)16-23(20)27(31(22)26(32)17-29)18-10-12-19(13-11-18)28(33)30-21-7-6-8-21/h10-13,15-16,21-22,27H,4-9,14,17H2,1-3H3,(H,30,33)/t22-,27-/m0/s1. The Morgan fingerprint density at radius 2 is 1.77 bits per heavy atom. The summed E-state index contributed by atoms with van der Waals surface area (Å²) >= 11 is 6.12. The first-order valence-electron chi connectivity index (χ1n) is 12.5. The Kier molecular flexibility index (Phi) is 8.22. The van der Waals surface area contributed by atoms with E-state index in [0.29, 0.717) is 17.1 Å². The van der Waals surface area contributed by atoms with E-state index in [1.165, 1.54) is 6.42 Å². The van der Waals surface area contributed by atoms with Crippen LogP contribution in [0.25, 0.3) is 0 Å². The van der Waals surface area contributed by atoms with Crippen molar-refractivity contribution in [3.8, 4) is 11.5 Å². The smallest absolute Gasteiger partial charge is 0.251 e. The zero-order valence-corrected chi connectivity index (χ0v) is 21.6. The van der Waals surface area contributed by atoms with E-state index in [9.17, 15) is 9.59 Å². The molecule has 0 saturated heterocycles. The molecule has 1 fully saturated rings. The van der Waals surface area contributed by atoms with Gasteiger partial charge in [0.1, 0.15) is 5.88 Å². The molecule has 2 aromatic carbocycles. The van der Waals surface area contributed by atoms with Gasteiger partial charge >= 0.3 is 0 Å². The molecule has 2 atom stereocenters. The zero-order chi connectivity index (χ0) is 24.9. The number of hydrogen-bond acceptors (Lipinski definition) is 4. The summed E-state index contributed by atoms with van der Waals surface area (Å²) in [6, 6.07) is 11.6. The SMILES string of the molecule is CCCC[C@H]1Cc2cc(OC)c(OC)cc2[C@H](c2ccc(C(=O)NC3CCC3)cc2)N1C(=O)CCl. The van der Waals surface area contributed by atoms with E-state index in [-0.39, 0.29) is 35.8 Å². The molecule has 1 saturated carbocycles. The van der Waals surface area contributed by atoms with E-state index in [4.69, 9.17) is 21.1 Å². The highest BCUT2D eigenvalue weighted by Gasteiger charge is 2.38. The quantitative estimate of drug-likeness (QED) is 0.479. The van der Waals surface area contributed by atoms with Crippen molar-refractivity contribution in [3.63, 3.8) is 0 Å². The minimum Gasteiger partial charge on any atom is -0.493 e. The van der Waals surface area contributed by atoms with Crippen molar-refractivity contribution in [2.45, 2.75) is 70.0 Å². The second-order valence-corrected chi connectivity index (χ2v) is 9.73. The molecule has 4 rings (SSSR count). The summed E-state index contributed by atoms with van der Waals surface area (Å²) in [7, 11) is 3.25. The maximum absolute atomic E-state index is 13.2. The number of hydrogen-bond donors (Lipinski definition) is 1. The molecule has 1 heterocycles. The van der Waals surface area contributed by atoms with E-state index in [2.05, 4.69) is 12.2 Å². The van der Waals surface area contributed by atoms with Crippen molar-refractivity contribution in [2.75, 3.05) is 20.1 Å². The lowest BCUT2D eigenvalue weighted by molar-refractivity contribution is -0.133. The first kappa shape index (κ1) is 25.4. The largest absolute Gasteiger partial charge is 0.493 e. The monoisotopic (exact) mass is 498 g/mol. The summed E-state index contributed by atoms with van der Waals surface area (Å²) in [5.41, 5.74) is 3.71. The Morgan fingerprint density at radius 3 is 2.34 bits per heavy atom.